The number of nitrogens with one attached hydrogen (secondary N) is 3. The Bertz CT molecular complexity index is 1020. The molecule has 1 spiro atoms. The largest absolute Gasteiger partial charge is 0.493 e. The maximum atomic E-state index is 13.3. The summed E-state index contributed by atoms with van der Waals surface area (Å²) in [7, 11) is 0. The lowest BCUT2D eigenvalue weighted by molar-refractivity contribution is -0.135. The molecule has 3 N–H and O–H groups in total. The molecule has 6 amide bonds. The number of imide groups is 2. The number of para-hydroxylation sites is 1. The van der Waals surface area contributed by atoms with Crippen molar-refractivity contribution >= 4 is 23.9 Å². The number of benzene rings is 1. The number of fused-ring (bicyclic) bond motifs is 2. The lowest BCUT2D eigenvalue weighted by Gasteiger charge is -2.56. The summed E-state index contributed by atoms with van der Waals surface area (Å²) in [5.74, 6) is 1.35. The fraction of sp³-hybridized carbons (Fsp3) is 0.583. The van der Waals surface area contributed by atoms with Crippen LogP contribution in [0.1, 0.15) is 50.5 Å². The second kappa shape index (κ2) is 7.20. The SMILES string of the molecule is O=C(CN1C(=O)N[C@@]2(CCOc3ccccc32)C1=O)NC(=O)NC12CC3CC(CC(C3)C1)C2. The quantitative estimate of drug-likeness (QED) is 0.607. The van der Waals surface area contributed by atoms with E-state index in [-0.39, 0.29) is 18.6 Å². The number of nitrogens with zero attached hydrogens (tertiary/aromatic N) is 1. The lowest BCUT2D eigenvalue weighted by Crippen LogP contribution is -2.62. The molecule has 9 heteroatoms. The zero-order valence-electron chi connectivity index (χ0n) is 18.4. The van der Waals surface area contributed by atoms with Crippen LogP contribution in [-0.2, 0) is 15.1 Å². The van der Waals surface area contributed by atoms with Crippen LogP contribution in [0.5, 0.6) is 5.75 Å². The fourth-order valence-corrected chi connectivity index (χ4v) is 7.36. The maximum absolute atomic E-state index is 13.3. The van der Waals surface area contributed by atoms with Crippen LogP contribution in [0.2, 0.25) is 0 Å². The molecule has 6 aliphatic rings. The van der Waals surface area contributed by atoms with E-state index < -0.39 is 36.0 Å². The predicted octanol–water partition coefficient (Wildman–Crippen LogP) is 2.01. The van der Waals surface area contributed by atoms with Gasteiger partial charge < -0.3 is 15.4 Å². The molecule has 174 valence electrons. The Hall–Kier alpha value is -3.10. The average Bonchev–Trinajstić information content (AvgIpc) is 2.97. The van der Waals surface area contributed by atoms with Crippen molar-refractivity contribution in [2.24, 2.45) is 17.8 Å². The second-order valence-corrected chi connectivity index (χ2v) is 10.5. The van der Waals surface area contributed by atoms with Crippen molar-refractivity contribution in [3.63, 3.8) is 0 Å². The molecule has 4 saturated carbocycles. The number of hydrogen-bond donors (Lipinski definition) is 3. The molecule has 1 saturated heterocycles. The minimum Gasteiger partial charge on any atom is -0.493 e. The molecule has 4 aliphatic carbocycles. The Morgan fingerprint density at radius 1 is 1.06 bits per heavy atom. The summed E-state index contributed by atoms with van der Waals surface area (Å²) in [6.07, 6.45) is 6.95. The first-order valence-corrected chi connectivity index (χ1v) is 11.8. The summed E-state index contributed by atoms with van der Waals surface area (Å²) in [6, 6.07) is 5.88. The highest BCUT2D eigenvalue weighted by Gasteiger charge is 2.55. The van der Waals surface area contributed by atoms with Gasteiger partial charge in [-0.3, -0.25) is 19.8 Å². The first-order chi connectivity index (χ1) is 15.9. The van der Waals surface area contributed by atoms with Crippen LogP contribution in [0.25, 0.3) is 0 Å². The Morgan fingerprint density at radius 3 is 2.42 bits per heavy atom. The van der Waals surface area contributed by atoms with Crippen LogP contribution in [-0.4, -0.2) is 47.5 Å². The molecule has 5 fully saturated rings. The zero-order valence-corrected chi connectivity index (χ0v) is 18.4. The lowest BCUT2D eigenvalue weighted by atomic mass is 9.53. The van der Waals surface area contributed by atoms with Gasteiger partial charge in [0.15, 0.2) is 5.54 Å². The molecule has 1 aromatic rings. The molecule has 1 aromatic carbocycles. The third kappa shape index (κ3) is 3.28. The normalized spacial score (nSPS) is 35.8. The van der Waals surface area contributed by atoms with E-state index in [1.54, 1.807) is 24.3 Å². The molecule has 33 heavy (non-hydrogen) atoms. The van der Waals surface area contributed by atoms with Gasteiger partial charge in [-0.2, -0.15) is 0 Å². The zero-order chi connectivity index (χ0) is 22.8. The highest BCUT2D eigenvalue weighted by molar-refractivity contribution is 6.10. The Morgan fingerprint density at radius 2 is 1.73 bits per heavy atom. The van der Waals surface area contributed by atoms with Crippen molar-refractivity contribution < 1.29 is 23.9 Å². The van der Waals surface area contributed by atoms with Crippen molar-refractivity contribution in [3.8, 4) is 5.75 Å². The van der Waals surface area contributed by atoms with E-state index in [0.29, 0.717) is 29.1 Å². The van der Waals surface area contributed by atoms with Gasteiger partial charge in [0, 0.05) is 17.5 Å². The fourth-order valence-electron chi connectivity index (χ4n) is 7.36. The van der Waals surface area contributed by atoms with Crippen molar-refractivity contribution in [2.45, 2.75) is 56.0 Å². The van der Waals surface area contributed by atoms with Gasteiger partial charge >= 0.3 is 12.1 Å². The highest BCUT2D eigenvalue weighted by atomic mass is 16.5. The molecule has 0 radical (unpaired) electrons. The molecule has 2 heterocycles. The monoisotopic (exact) mass is 452 g/mol. The number of urea groups is 2. The Kier molecular flexibility index (Phi) is 4.47. The number of ether oxygens (including phenoxy) is 1. The Labute approximate surface area is 191 Å². The topological polar surface area (TPSA) is 117 Å². The van der Waals surface area contributed by atoms with Crippen molar-refractivity contribution in [2.75, 3.05) is 13.2 Å². The smallest absolute Gasteiger partial charge is 0.325 e. The van der Waals surface area contributed by atoms with E-state index >= 15 is 0 Å². The molecule has 2 aliphatic heterocycles. The van der Waals surface area contributed by atoms with Crippen LogP contribution in [0.3, 0.4) is 0 Å². The number of hydrogen-bond acceptors (Lipinski definition) is 5. The van der Waals surface area contributed by atoms with Gasteiger partial charge in [0.2, 0.25) is 5.91 Å². The van der Waals surface area contributed by atoms with E-state index in [4.69, 9.17) is 4.74 Å². The molecule has 7 rings (SSSR count). The van der Waals surface area contributed by atoms with Crippen molar-refractivity contribution in [1.29, 1.82) is 0 Å². The average molecular weight is 453 g/mol. The molecule has 9 nitrogen and oxygen atoms in total. The summed E-state index contributed by atoms with van der Waals surface area (Å²) in [5.41, 5.74) is -0.888. The van der Waals surface area contributed by atoms with Crippen molar-refractivity contribution in [1.82, 2.24) is 20.9 Å². The van der Waals surface area contributed by atoms with Crippen LogP contribution in [0.4, 0.5) is 9.59 Å². The van der Waals surface area contributed by atoms with Crippen LogP contribution >= 0.6 is 0 Å². The van der Waals surface area contributed by atoms with Gasteiger partial charge in [0.25, 0.3) is 5.91 Å². The van der Waals surface area contributed by atoms with Crippen LogP contribution in [0.15, 0.2) is 24.3 Å². The third-order valence-electron chi connectivity index (χ3n) is 8.23. The minimum absolute atomic E-state index is 0.226. The first kappa shape index (κ1) is 20.5. The van der Waals surface area contributed by atoms with Gasteiger partial charge in [0.05, 0.1) is 6.61 Å². The third-order valence-corrected chi connectivity index (χ3v) is 8.23. The molecule has 4 bridgehead atoms. The number of carbonyl (C=O) groups excluding carboxylic acids is 4. The molecular formula is C24H28N4O5. The van der Waals surface area contributed by atoms with Gasteiger partial charge in [-0.25, -0.2) is 9.59 Å². The first-order valence-electron chi connectivity index (χ1n) is 11.8. The van der Waals surface area contributed by atoms with Crippen LogP contribution in [0, 0.1) is 17.8 Å². The highest BCUT2D eigenvalue weighted by Crippen LogP contribution is 2.55. The number of rotatable bonds is 3. The van der Waals surface area contributed by atoms with E-state index in [2.05, 4.69) is 16.0 Å². The standard InChI is InChI=1S/C24H28N4O5/c29-19(25-21(31)26-23-10-14-7-15(11-23)9-16(8-14)12-23)13-28-20(30)24(27-22(28)32)5-6-33-18-4-2-1-3-17(18)24/h1-4,14-16H,5-13H2,(H,27,32)(H2,25,26,29,31)/t14?,15?,16?,23?,24-/m1/s1. The van der Waals surface area contributed by atoms with Crippen LogP contribution < -0.4 is 20.7 Å². The second-order valence-electron chi connectivity index (χ2n) is 10.5. The molecule has 0 unspecified atom stereocenters. The predicted molar refractivity (Wildman–Crippen MR) is 116 cm³/mol. The number of amides is 6. The van der Waals surface area contributed by atoms with Gasteiger partial charge in [0.1, 0.15) is 12.3 Å². The minimum atomic E-state index is -1.24. The van der Waals surface area contributed by atoms with Crippen molar-refractivity contribution in [3.05, 3.63) is 29.8 Å². The Balaban J connectivity index is 1.12. The maximum Gasteiger partial charge on any atom is 0.325 e. The van der Waals surface area contributed by atoms with Gasteiger partial charge in [-0.1, -0.05) is 18.2 Å². The molecular weight excluding hydrogens is 424 g/mol. The van der Waals surface area contributed by atoms with Gasteiger partial charge in [-0.05, 0) is 62.3 Å². The van der Waals surface area contributed by atoms with E-state index in [1.807, 2.05) is 0 Å². The van der Waals surface area contributed by atoms with Gasteiger partial charge in [-0.15, -0.1) is 0 Å². The summed E-state index contributed by atoms with van der Waals surface area (Å²) in [5, 5.41) is 8.19. The summed E-state index contributed by atoms with van der Waals surface area (Å²) in [6.45, 7) is -0.236. The summed E-state index contributed by atoms with van der Waals surface area (Å²) >= 11 is 0. The molecule has 0 aromatic heterocycles. The van der Waals surface area contributed by atoms with E-state index in [9.17, 15) is 19.2 Å². The summed E-state index contributed by atoms with van der Waals surface area (Å²) in [4.78, 5) is 52.1. The molecule has 1 atom stereocenters. The van der Waals surface area contributed by atoms with E-state index in [1.165, 1.54) is 19.3 Å². The van der Waals surface area contributed by atoms with E-state index in [0.717, 1.165) is 24.2 Å². The number of carbonyl (C=O) groups is 4. The summed E-state index contributed by atoms with van der Waals surface area (Å²) < 4.78 is 5.62.